The first-order valence-electron chi connectivity index (χ1n) is 5.18. The van der Waals surface area contributed by atoms with Gasteiger partial charge in [0.2, 0.25) is 0 Å². The molecule has 0 N–H and O–H groups in total. The predicted octanol–water partition coefficient (Wildman–Crippen LogP) is 1.46. The van der Waals surface area contributed by atoms with E-state index < -0.39 is 5.03 Å². The summed E-state index contributed by atoms with van der Waals surface area (Å²) >= 11 is 7.11. The summed E-state index contributed by atoms with van der Waals surface area (Å²) in [5.74, 6) is 0.279. The van der Waals surface area contributed by atoms with Gasteiger partial charge in [-0.05, 0) is 6.42 Å². The largest absolute Gasteiger partial charge is 0.360 e. The number of nitro groups is 1. The highest BCUT2D eigenvalue weighted by Crippen LogP contribution is 2.23. The zero-order valence-corrected chi connectivity index (χ0v) is 11.1. The van der Waals surface area contributed by atoms with Gasteiger partial charge in [0.25, 0.3) is 0 Å². The molecule has 0 spiro atoms. The van der Waals surface area contributed by atoms with Crippen molar-refractivity contribution in [2.24, 2.45) is 11.0 Å². The summed E-state index contributed by atoms with van der Waals surface area (Å²) in [4.78, 5) is 17.1. The van der Waals surface area contributed by atoms with E-state index in [4.69, 9.17) is 16.3 Å². The van der Waals surface area contributed by atoms with Gasteiger partial charge in [0, 0.05) is 18.1 Å². The average molecular weight is 291 g/mol. The minimum Gasteiger partial charge on any atom is -0.360 e. The number of amidine groups is 1. The average Bonchev–Trinajstić information content (AvgIpc) is 2.69. The number of ether oxygens (including phenoxy) is 1. The Balaban J connectivity index is 2.15. The maximum atomic E-state index is 10.5. The van der Waals surface area contributed by atoms with Gasteiger partial charge >= 0.3 is 0 Å². The molecule has 18 heavy (non-hydrogen) atoms. The molecule has 98 valence electrons. The lowest BCUT2D eigenvalue weighted by Crippen LogP contribution is -2.43. The second kappa shape index (κ2) is 5.59. The van der Waals surface area contributed by atoms with Crippen LogP contribution in [0.4, 0.5) is 0 Å². The Kier molecular flexibility index (Phi) is 4.10. The van der Waals surface area contributed by atoms with E-state index in [1.54, 1.807) is 18.1 Å². The van der Waals surface area contributed by atoms with Gasteiger partial charge in [0.05, 0.1) is 17.6 Å². The maximum Gasteiger partial charge on any atom is 0.192 e. The van der Waals surface area contributed by atoms with Gasteiger partial charge in [0.15, 0.2) is 15.3 Å². The first-order valence-corrected chi connectivity index (χ1v) is 6.37. The van der Waals surface area contributed by atoms with Crippen LogP contribution in [0, 0.1) is 16.0 Å². The van der Waals surface area contributed by atoms with Crippen LogP contribution in [0.3, 0.4) is 0 Å². The number of aromatic nitrogens is 1. The molecule has 1 unspecified atom stereocenters. The van der Waals surface area contributed by atoms with Crippen molar-refractivity contribution in [1.82, 2.24) is 9.88 Å². The van der Waals surface area contributed by atoms with Crippen molar-refractivity contribution in [3.8, 4) is 0 Å². The van der Waals surface area contributed by atoms with Gasteiger partial charge in [-0.2, -0.15) is 0 Å². The Morgan fingerprint density at radius 3 is 3.22 bits per heavy atom. The predicted molar refractivity (Wildman–Crippen MR) is 67.3 cm³/mol. The molecular formula is C9H11ClN4O3S. The van der Waals surface area contributed by atoms with Gasteiger partial charge in [-0.15, -0.1) is 11.3 Å². The molecular weight excluding hydrogens is 280 g/mol. The summed E-state index contributed by atoms with van der Waals surface area (Å²) in [7, 11) is 1.72. The zero-order valence-electron chi connectivity index (χ0n) is 9.58. The van der Waals surface area contributed by atoms with Gasteiger partial charge in [0.1, 0.15) is 6.73 Å². The fourth-order valence-electron chi connectivity index (χ4n) is 1.80. The molecule has 1 saturated heterocycles. The Morgan fingerprint density at radius 2 is 2.61 bits per heavy atom. The molecule has 1 aliphatic heterocycles. The quantitative estimate of drug-likeness (QED) is 0.622. The molecule has 7 nitrogen and oxygen atoms in total. The lowest BCUT2D eigenvalue weighted by Gasteiger charge is -2.30. The van der Waals surface area contributed by atoms with Crippen LogP contribution in [-0.4, -0.2) is 41.1 Å². The number of halogens is 1. The summed E-state index contributed by atoms with van der Waals surface area (Å²) in [6.07, 6.45) is 2.26. The SMILES string of the molecule is CN1COCC(Cc2cnc(Cl)s2)/C1=N/[N+](=O)[O-]. The van der Waals surface area contributed by atoms with Crippen molar-refractivity contribution in [3.63, 3.8) is 0 Å². The van der Waals surface area contributed by atoms with Crippen molar-refractivity contribution in [2.75, 3.05) is 20.4 Å². The van der Waals surface area contributed by atoms with Crippen molar-refractivity contribution in [2.45, 2.75) is 6.42 Å². The van der Waals surface area contributed by atoms with Crippen LogP contribution < -0.4 is 0 Å². The van der Waals surface area contributed by atoms with E-state index in [9.17, 15) is 10.1 Å². The Labute approximate surface area is 112 Å². The third kappa shape index (κ3) is 3.15. The highest BCUT2D eigenvalue weighted by molar-refractivity contribution is 7.15. The van der Waals surface area contributed by atoms with Gasteiger partial charge in [-0.3, -0.25) is 0 Å². The van der Waals surface area contributed by atoms with Crippen molar-refractivity contribution < 1.29 is 9.77 Å². The molecule has 0 bridgehead atoms. The normalized spacial score (nSPS) is 22.4. The molecule has 1 aliphatic rings. The molecule has 1 atom stereocenters. The molecule has 0 radical (unpaired) electrons. The number of hydrogen-bond donors (Lipinski definition) is 0. The van der Waals surface area contributed by atoms with Gasteiger partial charge < -0.3 is 9.64 Å². The third-order valence-corrected chi connectivity index (χ3v) is 3.65. The number of rotatable bonds is 3. The summed E-state index contributed by atoms with van der Waals surface area (Å²) in [6.45, 7) is 0.721. The highest BCUT2D eigenvalue weighted by atomic mass is 35.5. The fraction of sp³-hybridized carbons (Fsp3) is 0.556. The molecule has 2 rings (SSSR count). The standard InChI is InChI=1S/C9H11ClN4O3S/c1-13-5-17-4-6(8(13)12-14(15)16)2-7-3-11-9(10)18-7/h3,6H,2,4-5H2,1H3/b12-8-. The minimum atomic E-state index is -0.677. The molecule has 1 aromatic heterocycles. The van der Waals surface area contributed by atoms with E-state index in [2.05, 4.69) is 10.1 Å². The molecule has 1 fully saturated rings. The van der Waals surface area contributed by atoms with Crippen molar-refractivity contribution in [1.29, 1.82) is 0 Å². The number of hydrazone groups is 1. The second-order valence-corrected chi connectivity index (χ2v) is 5.57. The number of thiazole rings is 1. The van der Waals surface area contributed by atoms with Crippen LogP contribution in [0.2, 0.25) is 4.47 Å². The Bertz CT molecular complexity index is 478. The van der Waals surface area contributed by atoms with Crippen LogP contribution in [-0.2, 0) is 11.2 Å². The van der Waals surface area contributed by atoms with E-state index in [-0.39, 0.29) is 5.92 Å². The van der Waals surface area contributed by atoms with Crippen molar-refractivity contribution in [3.05, 3.63) is 25.7 Å². The van der Waals surface area contributed by atoms with Crippen LogP contribution >= 0.6 is 22.9 Å². The first-order chi connectivity index (χ1) is 8.56. The second-order valence-electron chi connectivity index (χ2n) is 3.87. The first kappa shape index (κ1) is 13.2. The zero-order chi connectivity index (χ0) is 13.1. The fourth-order valence-corrected chi connectivity index (χ4v) is 2.85. The molecule has 2 heterocycles. The van der Waals surface area contributed by atoms with Crippen LogP contribution in [0.5, 0.6) is 0 Å². The lowest BCUT2D eigenvalue weighted by molar-refractivity contribution is -0.486. The molecule has 9 heteroatoms. The van der Waals surface area contributed by atoms with E-state index in [1.165, 1.54) is 11.3 Å². The van der Waals surface area contributed by atoms with E-state index in [0.29, 0.717) is 30.1 Å². The van der Waals surface area contributed by atoms with Crippen LogP contribution in [0.15, 0.2) is 11.3 Å². The van der Waals surface area contributed by atoms with E-state index >= 15 is 0 Å². The minimum absolute atomic E-state index is 0.148. The van der Waals surface area contributed by atoms with Gasteiger partial charge in [-0.25, -0.2) is 15.1 Å². The summed E-state index contributed by atoms with van der Waals surface area (Å²) in [5, 5.41) is 13.3. The molecule has 1 aromatic rings. The summed E-state index contributed by atoms with van der Waals surface area (Å²) in [5.41, 5.74) is 0. The number of hydrogen-bond acceptors (Lipinski definition) is 5. The lowest BCUT2D eigenvalue weighted by atomic mass is 10.0. The summed E-state index contributed by atoms with van der Waals surface area (Å²) in [6, 6.07) is 0. The molecule has 0 saturated carbocycles. The topological polar surface area (TPSA) is 80.9 Å². The van der Waals surface area contributed by atoms with Crippen LogP contribution in [0.25, 0.3) is 0 Å². The monoisotopic (exact) mass is 290 g/mol. The summed E-state index contributed by atoms with van der Waals surface area (Å²) < 4.78 is 5.82. The molecule has 0 amide bonds. The third-order valence-electron chi connectivity index (χ3n) is 2.52. The van der Waals surface area contributed by atoms with Crippen LogP contribution in [0.1, 0.15) is 4.88 Å². The Hall–Kier alpha value is -1.25. The highest BCUT2D eigenvalue weighted by Gasteiger charge is 2.29. The van der Waals surface area contributed by atoms with Gasteiger partial charge in [-0.1, -0.05) is 11.6 Å². The smallest absolute Gasteiger partial charge is 0.192 e. The van der Waals surface area contributed by atoms with E-state index in [0.717, 1.165) is 4.88 Å². The maximum absolute atomic E-state index is 10.5. The molecule has 0 aliphatic carbocycles. The Morgan fingerprint density at radius 1 is 1.83 bits per heavy atom. The molecule has 0 aromatic carbocycles. The van der Waals surface area contributed by atoms with Crippen molar-refractivity contribution >= 4 is 28.8 Å². The number of nitrogens with zero attached hydrogens (tertiary/aromatic N) is 4. The van der Waals surface area contributed by atoms with E-state index in [1.807, 2.05) is 0 Å².